The number of benzene rings is 1. The number of nitrogens with one attached hydrogen (secondary N) is 1. The van der Waals surface area contributed by atoms with Gasteiger partial charge in [0.2, 0.25) is 5.91 Å². The molecule has 1 aromatic carbocycles. The van der Waals surface area contributed by atoms with Crippen molar-refractivity contribution in [2.75, 3.05) is 17.2 Å². The monoisotopic (exact) mass is 331 g/mol. The maximum Gasteiger partial charge on any atom is 0.267 e. The first-order valence-electron chi connectivity index (χ1n) is 7.17. The van der Waals surface area contributed by atoms with Gasteiger partial charge in [-0.3, -0.25) is 24.3 Å². The fourth-order valence-electron chi connectivity index (χ4n) is 2.94. The van der Waals surface area contributed by atoms with Crippen molar-refractivity contribution >= 4 is 39.8 Å². The second-order valence-electron chi connectivity index (χ2n) is 5.79. The van der Waals surface area contributed by atoms with Gasteiger partial charge in [-0.15, -0.1) is 0 Å². The molecule has 10 nitrogen and oxygen atoms in total. The minimum absolute atomic E-state index is 0.00547. The highest BCUT2D eigenvalue weighted by atomic mass is 16.2. The van der Waals surface area contributed by atoms with Crippen LogP contribution in [0.2, 0.25) is 0 Å². The van der Waals surface area contributed by atoms with Crippen LogP contribution in [-0.4, -0.2) is 21.4 Å². The summed E-state index contributed by atoms with van der Waals surface area (Å²) in [4.78, 5) is 40.9. The van der Waals surface area contributed by atoms with Gasteiger partial charge < -0.3 is 22.9 Å². The third kappa shape index (κ3) is 2.00. The Labute approximate surface area is 135 Å². The summed E-state index contributed by atoms with van der Waals surface area (Å²) in [7, 11) is 0. The number of anilines is 3. The molecule has 0 saturated carbocycles. The van der Waals surface area contributed by atoms with E-state index in [9.17, 15) is 14.4 Å². The van der Waals surface area contributed by atoms with Gasteiger partial charge in [-0.2, -0.15) is 0 Å². The number of piperidine rings is 1. The smallest absolute Gasteiger partial charge is 0.267 e. The van der Waals surface area contributed by atoms with Crippen LogP contribution in [0.4, 0.5) is 17.1 Å². The molecule has 1 aliphatic rings. The fraction of sp³-hybridized carbons (Fsp3) is 0.286. The van der Waals surface area contributed by atoms with Crippen molar-refractivity contribution in [2.24, 2.45) is 5.73 Å². The Kier molecular flexibility index (Phi) is 3.23. The van der Waals surface area contributed by atoms with Crippen molar-refractivity contribution < 1.29 is 9.59 Å². The summed E-state index contributed by atoms with van der Waals surface area (Å²) in [6.07, 6.45) is -0.0263. The van der Waals surface area contributed by atoms with Crippen LogP contribution in [0.1, 0.15) is 18.7 Å². The van der Waals surface area contributed by atoms with Crippen molar-refractivity contribution in [2.45, 2.75) is 25.4 Å². The second kappa shape index (κ2) is 4.93. The number of fused-ring (bicyclic) bond motifs is 1. The summed E-state index contributed by atoms with van der Waals surface area (Å²) in [5, 5.41) is 2.17. The Balaban J connectivity index is 2.37. The SMILES string of the molecule is Cc1nc2c(N)c(N)cc(N)c2c(=O)n1C1(N)CCC(=O)NC1=O. The normalized spacial score (nSPS) is 21.1. The van der Waals surface area contributed by atoms with Crippen LogP contribution < -0.4 is 33.8 Å². The lowest BCUT2D eigenvalue weighted by Crippen LogP contribution is -2.63. The first-order valence-corrected chi connectivity index (χ1v) is 7.17. The lowest BCUT2D eigenvalue weighted by molar-refractivity contribution is -0.140. The number of aryl methyl sites for hydroxylation is 1. The zero-order valence-corrected chi connectivity index (χ0v) is 12.9. The van der Waals surface area contributed by atoms with E-state index in [1.54, 1.807) is 0 Å². The third-order valence-electron chi connectivity index (χ3n) is 4.20. The molecule has 1 unspecified atom stereocenters. The van der Waals surface area contributed by atoms with E-state index in [-0.39, 0.29) is 46.6 Å². The van der Waals surface area contributed by atoms with E-state index in [1.807, 2.05) is 0 Å². The minimum Gasteiger partial charge on any atom is -0.398 e. The van der Waals surface area contributed by atoms with Crippen molar-refractivity contribution in [3.8, 4) is 0 Å². The molecule has 1 aromatic heterocycles. The molecule has 2 amide bonds. The number of imide groups is 1. The standard InChI is InChI=1S/C14H17N7O3/c1-5-19-11-9(6(15)4-7(16)10(11)17)12(23)21(5)14(18)3-2-8(22)20-13(14)24/h4H,2-3,15-18H2,1H3,(H,20,22,24). The van der Waals surface area contributed by atoms with E-state index in [0.717, 1.165) is 4.57 Å². The number of nitrogens with zero attached hydrogens (tertiary/aromatic N) is 2. The second-order valence-corrected chi connectivity index (χ2v) is 5.79. The molecule has 24 heavy (non-hydrogen) atoms. The van der Waals surface area contributed by atoms with Crippen molar-refractivity contribution in [3.05, 3.63) is 22.2 Å². The number of hydrogen-bond donors (Lipinski definition) is 5. The predicted octanol–water partition coefficient (Wildman–Crippen LogP) is -1.50. The number of carbonyl (C=O) groups excluding carboxylic acids is 2. The van der Waals surface area contributed by atoms with Crippen molar-refractivity contribution in [1.82, 2.24) is 14.9 Å². The van der Waals surface area contributed by atoms with Crippen LogP contribution in [-0.2, 0) is 15.3 Å². The van der Waals surface area contributed by atoms with E-state index >= 15 is 0 Å². The maximum absolute atomic E-state index is 13.0. The van der Waals surface area contributed by atoms with Crippen molar-refractivity contribution in [3.63, 3.8) is 0 Å². The lowest BCUT2D eigenvalue weighted by atomic mass is 9.98. The zero-order chi connectivity index (χ0) is 17.8. The highest BCUT2D eigenvalue weighted by molar-refractivity contribution is 6.03. The number of rotatable bonds is 1. The van der Waals surface area contributed by atoms with E-state index in [1.165, 1.54) is 13.0 Å². The maximum atomic E-state index is 13.0. The minimum atomic E-state index is -1.74. The molecule has 3 rings (SSSR count). The average molecular weight is 331 g/mol. The van der Waals surface area contributed by atoms with Gasteiger partial charge in [-0.05, 0) is 13.0 Å². The first kappa shape index (κ1) is 15.7. The summed E-state index contributed by atoms with van der Waals surface area (Å²) in [6.45, 7) is 1.51. The summed E-state index contributed by atoms with van der Waals surface area (Å²) in [5.41, 5.74) is 21.9. The number of carbonyl (C=O) groups is 2. The number of hydrogen-bond acceptors (Lipinski definition) is 8. The number of aromatic nitrogens is 2. The van der Waals surface area contributed by atoms with Gasteiger partial charge in [0.15, 0.2) is 5.66 Å². The molecular weight excluding hydrogens is 314 g/mol. The number of nitrogen functional groups attached to an aromatic ring is 3. The van der Waals surface area contributed by atoms with Crippen LogP contribution >= 0.6 is 0 Å². The summed E-state index contributed by atoms with van der Waals surface area (Å²) < 4.78 is 1.04. The van der Waals surface area contributed by atoms with Gasteiger partial charge in [-0.1, -0.05) is 0 Å². The van der Waals surface area contributed by atoms with Crippen LogP contribution in [0.3, 0.4) is 0 Å². The molecule has 1 atom stereocenters. The Morgan fingerprint density at radius 2 is 1.88 bits per heavy atom. The first-order chi connectivity index (χ1) is 11.2. The lowest BCUT2D eigenvalue weighted by Gasteiger charge is -2.34. The zero-order valence-electron chi connectivity index (χ0n) is 12.9. The molecular formula is C14H17N7O3. The molecule has 1 saturated heterocycles. The number of amides is 2. The van der Waals surface area contributed by atoms with E-state index in [2.05, 4.69) is 10.3 Å². The van der Waals surface area contributed by atoms with Gasteiger partial charge in [-0.25, -0.2) is 4.98 Å². The average Bonchev–Trinajstić information content (AvgIpc) is 2.48. The van der Waals surface area contributed by atoms with Crippen LogP contribution in [0, 0.1) is 6.92 Å². The molecule has 126 valence electrons. The van der Waals surface area contributed by atoms with Crippen LogP contribution in [0.5, 0.6) is 0 Å². The molecule has 0 bridgehead atoms. The van der Waals surface area contributed by atoms with E-state index in [0.29, 0.717) is 0 Å². The Morgan fingerprint density at radius 1 is 1.21 bits per heavy atom. The van der Waals surface area contributed by atoms with Crippen LogP contribution in [0.15, 0.2) is 10.9 Å². The van der Waals surface area contributed by atoms with Gasteiger partial charge in [0.05, 0.1) is 16.8 Å². The molecule has 0 spiro atoms. The predicted molar refractivity (Wildman–Crippen MR) is 88.5 cm³/mol. The highest BCUT2D eigenvalue weighted by Crippen LogP contribution is 2.30. The fourth-order valence-corrected chi connectivity index (χ4v) is 2.94. The topological polar surface area (TPSA) is 185 Å². The largest absolute Gasteiger partial charge is 0.398 e. The molecule has 2 heterocycles. The molecule has 0 radical (unpaired) electrons. The molecule has 1 aliphatic heterocycles. The molecule has 2 aromatic rings. The summed E-state index contributed by atoms with van der Waals surface area (Å²) in [6, 6.07) is 1.36. The Hall–Kier alpha value is -3.14. The molecule has 0 aliphatic carbocycles. The van der Waals surface area contributed by atoms with E-state index < -0.39 is 23.0 Å². The molecule has 9 N–H and O–H groups in total. The number of nitrogens with two attached hydrogens (primary N) is 4. The van der Waals surface area contributed by atoms with Crippen LogP contribution in [0.25, 0.3) is 10.9 Å². The van der Waals surface area contributed by atoms with E-state index in [4.69, 9.17) is 22.9 Å². The quantitative estimate of drug-likeness (QED) is 0.308. The van der Waals surface area contributed by atoms with Crippen molar-refractivity contribution in [1.29, 1.82) is 0 Å². The summed E-state index contributed by atoms with van der Waals surface area (Å²) >= 11 is 0. The third-order valence-corrected chi connectivity index (χ3v) is 4.20. The summed E-state index contributed by atoms with van der Waals surface area (Å²) in [5.74, 6) is -1.06. The molecule has 1 fully saturated rings. The van der Waals surface area contributed by atoms with Gasteiger partial charge >= 0.3 is 0 Å². The Morgan fingerprint density at radius 3 is 2.50 bits per heavy atom. The van der Waals surface area contributed by atoms with Gasteiger partial charge in [0, 0.05) is 18.5 Å². The highest BCUT2D eigenvalue weighted by Gasteiger charge is 2.43. The Bertz CT molecular complexity index is 965. The molecule has 10 heteroatoms. The van der Waals surface area contributed by atoms with Gasteiger partial charge in [0.1, 0.15) is 11.3 Å². The van der Waals surface area contributed by atoms with Gasteiger partial charge in [0.25, 0.3) is 11.5 Å².